The molecule has 0 saturated heterocycles. The van der Waals surface area contributed by atoms with E-state index in [0.717, 1.165) is 25.2 Å². The lowest BCUT2D eigenvalue weighted by atomic mass is 9.99. The molecule has 1 aromatic carbocycles. The van der Waals surface area contributed by atoms with Crippen molar-refractivity contribution in [2.24, 2.45) is 4.36 Å². The van der Waals surface area contributed by atoms with E-state index in [9.17, 15) is 9.00 Å². The Morgan fingerprint density at radius 3 is 2.77 bits per heavy atom. The van der Waals surface area contributed by atoms with Crippen LogP contribution in [0.3, 0.4) is 0 Å². The van der Waals surface area contributed by atoms with Crippen LogP contribution in [0.2, 0.25) is 0 Å². The van der Waals surface area contributed by atoms with Crippen molar-refractivity contribution >= 4 is 44.8 Å². The molecule has 35 heavy (non-hydrogen) atoms. The van der Waals surface area contributed by atoms with E-state index in [1.165, 1.54) is 29.8 Å². The Morgan fingerprint density at radius 1 is 1.17 bits per heavy atom. The van der Waals surface area contributed by atoms with Gasteiger partial charge in [0.15, 0.2) is 11.6 Å². The zero-order valence-electron chi connectivity index (χ0n) is 20.2. The Kier molecular flexibility index (Phi) is 7.27. The molecule has 10 nitrogen and oxygen atoms in total. The van der Waals surface area contributed by atoms with Gasteiger partial charge in [0.25, 0.3) is 0 Å². The number of fused-ring (bicyclic) bond motifs is 1. The third-order valence-corrected chi connectivity index (χ3v) is 5.87. The smallest absolute Gasteiger partial charge is 0.343 e. The fourth-order valence-electron chi connectivity index (χ4n) is 3.69. The molecule has 0 unspecified atom stereocenters. The second-order valence-corrected chi connectivity index (χ2v) is 11.1. The minimum Gasteiger partial charge on any atom is -0.462 e. The second-order valence-electron chi connectivity index (χ2n) is 8.55. The second kappa shape index (κ2) is 10.4. The quantitative estimate of drug-likeness (QED) is 0.470. The van der Waals surface area contributed by atoms with Crippen molar-refractivity contribution in [1.29, 1.82) is 0 Å². The highest BCUT2D eigenvalue weighted by Crippen LogP contribution is 2.26. The molecule has 0 amide bonds. The number of aromatic nitrogens is 3. The van der Waals surface area contributed by atoms with Gasteiger partial charge in [0, 0.05) is 47.2 Å². The van der Waals surface area contributed by atoms with Crippen molar-refractivity contribution in [3.63, 3.8) is 0 Å². The number of hydrogen-bond acceptors (Lipinski definition) is 10. The molecular formula is C24H29N7O3S. The first-order valence-electron chi connectivity index (χ1n) is 11.2. The highest BCUT2D eigenvalue weighted by Gasteiger charge is 2.18. The number of pyridine rings is 1. The highest BCUT2D eigenvalue weighted by molar-refractivity contribution is 7.92. The van der Waals surface area contributed by atoms with Crippen LogP contribution in [-0.2, 0) is 27.4 Å². The average molecular weight is 496 g/mol. The number of carbonyl (C=O) groups is 1. The first kappa shape index (κ1) is 24.6. The van der Waals surface area contributed by atoms with Gasteiger partial charge in [-0.25, -0.2) is 19.0 Å². The van der Waals surface area contributed by atoms with Gasteiger partial charge in [-0.3, -0.25) is 0 Å². The van der Waals surface area contributed by atoms with E-state index < -0.39 is 15.7 Å². The van der Waals surface area contributed by atoms with Crippen LogP contribution in [-0.4, -0.2) is 62.7 Å². The van der Waals surface area contributed by atoms with Gasteiger partial charge in [-0.05, 0) is 55.8 Å². The summed E-state index contributed by atoms with van der Waals surface area (Å²) >= 11 is 0. The maximum absolute atomic E-state index is 12.5. The van der Waals surface area contributed by atoms with Gasteiger partial charge in [-0.1, -0.05) is 12.1 Å². The van der Waals surface area contributed by atoms with Crippen LogP contribution in [0.4, 0.5) is 29.1 Å². The zero-order chi connectivity index (χ0) is 25.0. The third kappa shape index (κ3) is 6.52. The lowest BCUT2D eigenvalue weighted by Gasteiger charge is -2.25. The summed E-state index contributed by atoms with van der Waals surface area (Å²) in [5.74, 6) is 0.702. The van der Waals surface area contributed by atoms with E-state index in [2.05, 4.69) is 54.0 Å². The van der Waals surface area contributed by atoms with Gasteiger partial charge in [-0.15, -0.1) is 0 Å². The monoisotopic (exact) mass is 495 g/mol. The Morgan fingerprint density at radius 2 is 2.00 bits per heavy atom. The molecule has 2 N–H and O–H groups in total. The summed E-state index contributed by atoms with van der Waals surface area (Å²) in [5.41, 5.74) is 3.63. The molecule has 11 heteroatoms. The van der Waals surface area contributed by atoms with Crippen LogP contribution in [0.15, 0.2) is 47.0 Å². The van der Waals surface area contributed by atoms with Crippen molar-refractivity contribution in [2.75, 3.05) is 43.3 Å². The number of benzene rings is 1. The minimum absolute atomic E-state index is 0.170. The highest BCUT2D eigenvalue weighted by atomic mass is 32.2. The van der Waals surface area contributed by atoms with Crippen LogP contribution >= 0.6 is 0 Å². The van der Waals surface area contributed by atoms with Crippen LogP contribution in [0.5, 0.6) is 0 Å². The number of nitrogens with one attached hydrogen (secondary N) is 2. The number of anilines is 4. The summed E-state index contributed by atoms with van der Waals surface area (Å²) in [6.45, 7) is 3.88. The largest absolute Gasteiger partial charge is 0.462 e. The van der Waals surface area contributed by atoms with Crippen LogP contribution in [0.25, 0.3) is 0 Å². The molecule has 2 aromatic heterocycles. The van der Waals surface area contributed by atoms with Crippen LogP contribution in [0, 0.1) is 0 Å². The van der Waals surface area contributed by atoms with Crippen LogP contribution < -0.4 is 10.6 Å². The van der Waals surface area contributed by atoms with E-state index in [4.69, 9.17) is 4.74 Å². The summed E-state index contributed by atoms with van der Waals surface area (Å²) in [4.78, 5) is 28.0. The fraction of sp³-hybridized carbons (Fsp3) is 0.333. The number of hydrogen-bond donors (Lipinski definition) is 2. The van der Waals surface area contributed by atoms with Gasteiger partial charge in [0.2, 0.25) is 5.95 Å². The molecule has 0 radical (unpaired) electrons. The number of ether oxygens (including phenoxy) is 1. The fourth-order valence-corrected chi connectivity index (χ4v) is 4.24. The van der Waals surface area contributed by atoms with Crippen molar-refractivity contribution in [3.05, 3.63) is 59.3 Å². The molecular weight excluding hydrogens is 466 g/mol. The first-order chi connectivity index (χ1) is 16.7. The van der Waals surface area contributed by atoms with Crippen molar-refractivity contribution in [2.45, 2.75) is 19.9 Å². The summed E-state index contributed by atoms with van der Waals surface area (Å²) in [6.07, 6.45) is 5.51. The minimum atomic E-state index is -2.38. The number of carbonyl (C=O) groups excluding carboxylic acids is 1. The Labute approximate surface area is 205 Å². The van der Waals surface area contributed by atoms with E-state index in [0.29, 0.717) is 17.6 Å². The Bertz CT molecular complexity index is 1360. The number of rotatable bonds is 7. The van der Waals surface area contributed by atoms with Gasteiger partial charge in [0.1, 0.15) is 11.4 Å². The normalized spacial score (nSPS) is 13.6. The molecule has 0 spiro atoms. The van der Waals surface area contributed by atoms with Crippen molar-refractivity contribution in [3.8, 4) is 0 Å². The first-order valence-corrected chi connectivity index (χ1v) is 13.6. The van der Waals surface area contributed by atoms with Gasteiger partial charge < -0.3 is 20.3 Å². The predicted octanol–water partition coefficient (Wildman–Crippen LogP) is 3.88. The molecule has 3 aromatic rings. The topological polar surface area (TPSA) is 122 Å². The predicted molar refractivity (Wildman–Crippen MR) is 137 cm³/mol. The van der Waals surface area contributed by atoms with Crippen LogP contribution in [0.1, 0.15) is 28.4 Å². The number of nitrogens with zero attached hydrogens (tertiary/aromatic N) is 5. The lowest BCUT2D eigenvalue weighted by molar-refractivity contribution is 0.0526. The molecule has 0 bridgehead atoms. The number of likely N-dealkylation sites (N-methyl/N-ethyl adjacent to an activating group) is 1. The lowest BCUT2D eigenvalue weighted by Crippen LogP contribution is -2.26. The van der Waals surface area contributed by atoms with E-state index >= 15 is 0 Å². The summed E-state index contributed by atoms with van der Waals surface area (Å²) in [5, 5.41) is 6.28. The Balaban J connectivity index is 1.64. The molecule has 0 atom stereocenters. The molecule has 3 heterocycles. The molecule has 4 rings (SSSR count). The van der Waals surface area contributed by atoms with Gasteiger partial charge in [0.05, 0.1) is 6.61 Å². The van der Waals surface area contributed by atoms with E-state index in [1.54, 1.807) is 25.1 Å². The molecule has 1 aliphatic rings. The molecule has 0 saturated carbocycles. The molecule has 0 aliphatic carbocycles. The van der Waals surface area contributed by atoms with Crippen molar-refractivity contribution in [1.82, 2.24) is 19.9 Å². The van der Waals surface area contributed by atoms with Gasteiger partial charge >= 0.3 is 5.97 Å². The van der Waals surface area contributed by atoms with E-state index in [-0.39, 0.29) is 18.0 Å². The SMILES string of the molecule is CCOC(=O)c1cnc(Nc2ccc3c(c2)CN(C)CC3)nc1Nc1cccc(N=S(C)(C)=O)n1. The third-order valence-electron chi connectivity index (χ3n) is 5.24. The maximum atomic E-state index is 12.5. The van der Waals surface area contributed by atoms with Crippen molar-refractivity contribution < 1.29 is 13.7 Å². The maximum Gasteiger partial charge on any atom is 0.343 e. The standard InChI is InChI=1S/C24H29N7O3S/c1-5-34-23(32)19-14-25-24(26-18-10-9-16-11-12-31(2)15-17(16)13-18)29-22(19)28-20-7-6-8-21(27-20)30-35(3,4)33/h6-10,13-14H,5,11-12,15H2,1-4H3,(H2,25,26,27,28,29). The Hall–Kier alpha value is -3.57. The zero-order valence-corrected chi connectivity index (χ0v) is 21.1. The van der Waals surface area contributed by atoms with E-state index in [1.807, 2.05) is 6.07 Å². The number of esters is 1. The molecule has 184 valence electrons. The molecule has 1 aliphatic heterocycles. The average Bonchev–Trinajstić information content (AvgIpc) is 2.78. The van der Waals surface area contributed by atoms with Gasteiger partial charge in [-0.2, -0.15) is 9.35 Å². The summed E-state index contributed by atoms with van der Waals surface area (Å²) in [6, 6.07) is 11.3. The molecule has 0 fully saturated rings. The summed E-state index contributed by atoms with van der Waals surface area (Å²) < 4.78 is 21.3. The summed E-state index contributed by atoms with van der Waals surface area (Å²) in [7, 11) is -0.270.